The molecular formula is C21H33NO3. The van der Waals surface area contributed by atoms with E-state index in [4.69, 9.17) is 4.74 Å². The van der Waals surface area contributed by atoms with Crippen molar-refractivity contribution in [3.63, 3.8) is 0 Å². The molecule has 0 aliphatic rings. The highest BCUT2D eigenvalue weighted by Gasteiger charge is 2.23. The Kier molecular flexibility index (Phi) is 8.67. The minimum atomic E-state index is -0.342. The van der Waals surface area contributed by atoms with Crippen molar-refractivity contribution >= 4 is 11.9 Å². The van der Waals surface area contributed by atoms with Gasteiger partial charge in [-0.15, -0.1) is 0 Å². The summed E-state index contributed by atoms with van der Waals surface area (Å²) in [5.74, 6) is -0.0565. The van der Waals surface area contributed by atoms with Gasteiger partial charge in [0.15, 0.2) is 0 Å². The van der Waals surface area contributed by atoms with Crippen LogP contribution >= 0.6 is 0 Å². The number of carbonyl (C=O) groups excluding carboxylic acids is 2. The van der Waals surface area contributed by atoms with Crippen LogP contribution in [-0.2, 0) is 9.53 Å². The lowest BCUT2D eigenvalue weighted by Gasteiger charge is -2.26. The summed E-state index contributed by atoms with van der Waals surface area (Å²) in [6.07, 6.45) is 2.84. The summed E-state index contributed by atoms with van der Waals surface area (Å²) in [4.78, 5) is 26.6. The first-order valence-corrected chi connectivity index (χ1v) is 9.38. The smallest absolute Gasteiger partial charge is 0.325 e. The molecular weight excluding hydrogens is 314 g/mol. The first-order valence-electron chi connectivity index (χ1n) is 9.38. The number of ether oxygens (including phenoxy) is 1. The van der Waals surface area contributed by atoms with Crippen molar-refractivity contribution in [1.82, 2.24) is 4.90 Å². The summed E-state index contributed by atoms with van der Waals surface area (Å²) in [5.41, 5.74) is 2.88. The minimum absolute atomic E-state index is 0.00712. The molecule has 0 aliphatic heterocycles. The molecule has 1 rings (SSSR count). The van der Waals surface area contributed by atoms with E-state index in [-0.39, 0.29) is 24.5 Å². The molecule has 1 aromatic rings. The monoisotopic (exact) mass is 347 g/mol. The Labute approximate surface area is 152 Å². The number of rotatable bonds is 9. The topological polar surface area (TPSA) is 46.6 Å². The Bertz CT molecular complexity index is 581. The van der Waals surface area contributed by atoms with Crippen LogP contribution in [-0.4, -0.2) is 36.0 Å². The summed E-state index contributed by atoms with van der Waals surface area (Å²) in [5, 5.41) is 0. The molecule has 0 fully saturated rings. The largest absolute Gasteiger partial charge is 0.464 e. The Morgan fingerprint density at radius 1 is 1.12 bits per heavy atom. The molecule has 0 saturated carbocycles. The summed E-state index contributed by atoms with van der Waals surface area (Å²) in [6.45, 7) is 12.6. The van der Waals surface area contributed by atoms with E-state index in [0.717, 1.165) is 24.8 Å². The molecule has 1 unspecified atom stereocenters. The number of carbonyl (C=O) groups is 2. The van der Waals surface area contributed by atoms with Gasteiger partial charge in [-0.1, -0.05) is 38.8 Å². The van der Waals surface area contributed by atoms with Crippen LogP contribution < -0.4 is 0 Å². The predicted octanol–water partition coefficient (Wildman–Crippen LogP) is 4.70. The predicted molar refractivity (Wildman–Crippen MR) is 102 cm³/mol. The third kappa shape index (κ3) is 6.52. The van der Waals surface area contributed by atoms with Gasteiger partial charge in [0.1, 0.15) is 6.54 Å². The maximum absolute atomic E-state index is 13.0. The average Bonchev–Trinajstić information content (AvgIpc) is 2.57. The van der Waals surface area contributed by atoms with Crippen molar-refractivity contribution in [3.05, 3.63) is 34.9 Å². The first-order chi connectivity index (χ1) is 11.8. The zero-order valence-electron chi connectivity index (χ0n) is 16.6. The van der Waals surface area contributed by atoms with E-state index in [1.165, 1.54) is 5.56 Å². The summed E-state index contributed by atoms with van der Waals surface area (Å²) >= 11 is 0. The quantitative estimate of drug-likeness (QED) is 0.480. The number of nitrogens with zero attached hydrogens (tertiary/aromatic N) is 1. The van der Waals surface area contributed by atoms with Crippen LogP contribution in [0.3, 0.4) is 0 Å². The molecule has 0 bridgehead atoms. The van der Waals surface area contributed by atoms with E-state index in [1.54, 1.807) is 4.90 Å². The van der Waals surface area contributed by atoms with Crippen LogP contribution in [0.2, 0.25) is 0 Å². The number of esters is 1. The second-order valence-corrected chi connectivity index (χ2v) is 7.04. The van der Waals surface area contributed by atoms with Crippen molar-refractivity contribution in [2.45, 2.75) is 72.8 Å². The lowest BCUT2D eigenvalue weighted by atomic mass is 9.94. The van der Waals surface area contributed by atoms with Crippen LogP contribution in [0.15, 0.2) is 18.2 Å². The Hall–Kier alpha value is -1.84. The molecule has 0 aromatic heterocycles. The van der Waals surface area contributed by atoms with E-state index in [1.807, 2.05) is 39.8 Å². The highest BCUT2D eigenvalue weighted by Crippen LogP contribution is 2.22. The summed E-state index contributed by atoms with van der Waals surface area (Å²) in [7, 11) is 0. The van der Waals surface area contributed by atoms with Crippen molar-refractivity contribution in [2.24, 2.45) is 0 Å². The van der Waals surface area contributed by atoms with Gasteiger partial charge >= 0.3 is 5.97 Å². The van der Waals surface area contributed by atoms with Gasteiger partial charge in [-0.3, -0.25) is 9.59 Å². The molecule has 0 aliphatic carbocycles. The average molecular weight is 347 g/mol. The lowest BCUT2D eigenvalue weighted by Crippen LogP contribution is -2.41. The van der Waals surface area contributed by atoms with Gasteiger partial charge < -0.3 is 9.64 Å². The van der Waals surface area contributed by atoms with E-state index in [9.17, 15) is 9.59 Å². The van der Waals surface area contributed by atoms with Crippen molar-refractivity contribution in [1.29, 1.82) is 0 Å². The van der Waals surface area contributed by atoms with E-state index in [0.29, 0.717) is 18.1 Å². The first kappa shape index (κ1) is 21.2. The number of aryl methyl sites for hydroxylation is 1. The number of hydrogen-bond donors (Lipinski definition) is 0. The van der Waals surface area contributed by atoms with Crippen LogP contribution in [0.4, 0.5) is 0 Å². The Morgan fingerprint density at radius 3 is 2.36 bits per heavy atom. The van der Waals surface area contributed by atoms with Gasteiger partial charge in [-0.2, -0.15) is 0 Å². The number of hydrogen-bond acceptors (Lipinski definition) is 3. The van der Waals surface area contributed by atoms with Crippen molar-refractivity contribution in [2.75, 3.05) is 13.2 Å². The minimum Gasteiger partial charge on any atom is -0.464 e. The fraction of sp³-hybridized carbons (Fsp3) is 0.619. The van der Waals surface area contributed by atoms with Gasteiger partial charge in [0.25, 0.3) is 5.91 Å². The van der Waals surface area contributed by atoms with Gasteiger partial charge in [0, 0.05) is 11.6 Å². The zero-order chi connectivity index (χ0) is 19.0. The molecule has 1 aromatic carbocycles. The van der Waals surface area contributed by atoms with Crippen LogP contribution in [0.1, 0.15) is 81.3 Å². The normalized spacial score (nSPS) is 12.1. The molecule has 1 atom stereocenters. The molecule has 0 spiro atoms. The van der Waals surface area contributed by atoms with E-state index >= 15 is 0 Å². The molecule has 0 N–H and O–H groups in total. The highest BCUT2D eigenvalue weighted by molar-refractivity contribution is 5.96. The third-order valence-electron chi connectivity index (χ3n) is 4.47. The van der Waals surface area contributed by atoms with E-state index in [2.05, 4.69) is 19.9 Å². The molecule has 1 amide bonds. The second kappa shape index (κ2) is 10.2. The van der Waals surface area contributed by atoms with Crippen LogP contribution in [0.5, 0.6) is 0 Å². The molecule has 140 valence electrons. The van der Waals surface area contributed by atoms with Crippen LogP contribution in [0, 0.1) is 6.92 Å². The molecule has 0 radical (unpaired) electrons. The fourth-order valence-electron chi connectivity index (χ4n) is 2.63. The fourth-order valence-corrected chi connectivity index (χ4v) is 2.63. The molecule has 0 saturated heterocycles. The standard InChI is InChI=1S/C21H33NO3/c1-7-9-10-25-20(23)14-22(15(3)4)21(24)19-12-16(5)11-18(13-19)17(6)8-2/h11-13,15,17H,7-10,14H2,1-6H3. The maximum atomic E-state index is 13.0. The SMILES string of the molecule is CCCCOC(=O)CN(C(=O)c1cc(C)cc(C(C)CC)c1)C(C)C. The van der Waals surface area contributed by atoms with Crippen molar-refractivity contribution < 1.29 is 14.3 Å². The van der Waals surface area contributed by atoms with Gasteiger partial charge in [0.2, 0.25) is 0 Å². The van der Waals surface area contributed by atoms with Crippen molar-refractivity contribution in [3.8, 4) is 0 Å². The maximum Gasteiger partial charge on any atom is 0.325 e. The third-order valence-corrected chi connectivity index (χ3v) is 4.47. The Balaban J connectivity index is 2.95. The van der Waals surface area contributed by atoms with Gasteiger partial charge in [-0.25, -0.2) is 0 Å². The highest BCUT2D eigenvalue weighted by atomic mass is 16.5. The zero-order valence-corrected chi connectivity index (χ0v) is 16.6. The van der Waals surface area contributed by atoms with E-state index < -0.39 is 0 Å². The number of unbranched alkanes of at least 4 members (excludes halogenated alkanes) is 1. The molecule has 25 heavy (non-hydrogen) atoms. The number of amides is 1. The molecule has 0 heterocycles. The second-order valence-electron chi connectivity index (χ2n) is 7.04. The van der Waals surface area contributed by atoms with Gasteiger partial charge in [0.05, 0.1) is 6.61 Å². The molecule has 4 nitrogen and oxygen atoms in total. The lowest BCUT2D eigenvalue weighted by molar-refractivity contribution is -0.144. The Morgan fingerprint density at radius 2 is 1.80 bits per heavy atom. The number of benzene rings is 1. The van der Waals surface area contributed by atoms with Gasteiger partial charge in [-0.05, 0) is 57.2 Å². The molecule has 4 heteroatoms. The summed E-state index contributed by atoms with van der Waals surface area (Å²) < 4.78 is 5.22. The summed E-state index contributed by atoms with van der Waals surface area (Å²) in [6, 6.07) is 5.91. The van der Waals surface area contributed by atoms with Crippen LogP contribution in [0.25, 0.3) is 0 Å².